The highest BCUT2D eigenvalue weighted by atomic mass is 35.5. The number of rotatable bonds is 4. The number of anilines is 2. The molecule has 0 fully saturated rings. The number of nitrogens with one attached hydrogen (secondary N) is 1. The zero-order valence-electron chi connectivity index (χ0n) is 12.4. The van der Waals surface area contributed by atoms with E-state index in [0.29, 0.717) is 21.8 Å². The molecule has 0 radical (unpaired) electrons. The van der Waals surface area contributed by atoms with Crippen LogP contribution in [0.4, 0.5) is 20.2 Å². The molecule has 126 valence electrons. The predicted molar refractivity (Wildman–Crippen MR) is 89.5 cm³/mol. The Balaban J connectivity index is 2.18. The molecule has 2 aromatic rings. The minimum atomic E-state index is -0.941. The summed E-state index contributed by atoms with van der Waals surface area (Å²) in [5, 5.41) is 3.16. The van der Waals surface area contributed by atoms with Gasteiger partial charge in [-0.2, -0.15) is 0 Å². The fraction of sp³-hybridized carbons (Fsp3) is 0.125. The van der Waals surface area contributed by atoms with Crippen LogP contribution in [0.25, 0.3) is 0 Å². The van der Waals surface area contributed by atoms with Gasteiger partial charge in [-0.25, -0.2) is 8.78 Å². The Kier molecular flexibility index (Phi) is 5.75. The quantitative estimate of drug-likeness (QED) is 0.871. The second-order valence-electron chi connectivity index (χ2n) is 4.91. The minimum Gasteiger partial charge on any atom is -0.324 e. The van der Waals surface area contributed by atoms with Crippen LogP contribution >= 0.6 is 23.2 Å². The second-order valence-corrected chi connectivity index (χ2v) is 5.78. The predicted octanol–water partition coefficient (Wildman–Crippen LogP) is 4.26. The Morgan fingerprint density at radius 3 is 2.25 bits per heavy atom. The van der Waals surface area contributed by atoms with Crippen LogP contribution in [0.15, 0.2) is 36.4 Å². The lowest BCUT2D eigenvalue weighted by Crippen LogP contribution is -2.37. The second kappa shape index (κ2) is 7.59. The molecule has 0 spiro atoms. The van der Waals surface area contributed by atoms with E-state index in [1.54, 1.807) is 0 Å². The molecule has 0 aliphatic carbocycles. The van der Waals surface area contributed by atoms with Gasteiger partial charge >= 0.3 is 0 Å². The van der Waals surface area contributed by atoms with Gasteiger partial charge in [0.15, 0.2) is 0 Å². The SMILES string of the molecule is CC(=O)N(CC(=O)Nc1cc(Cl)cc(Cl)c1)c1ccc(F)cc1F. The van der Waals surface area contributed by atoms with Crippen LogP contribution in [0.1, 0.15) is 6.92 Å². The van der Waals surface area contributed by atoms with E-state index in [1.165, 1.54) is 25.1 Å². The molecule has 4 nitrogen and oxygen atoms in total. The van der Waals surface area contributed by atoms with Gasteiger partial charge in [0.2, 0.25) is 11.8 Å². The first-order valence-corrected chi connectivity index (χ1v) is 7.51. The zero-order valence-corrected chi connectivity index (χ0v) is 14.0. The van der Waals surface area contributed by atoms with Crippen LogP contribution in [0, 0.1) is 11.6 Å². The first-order valence-electron chi connectivity index (χ1n) is 6.75. The monoisotopic (exact) mass is 372 g/mol. The molecule has 0 unspecified atom stereocenters. The van der Waals surface area contributed by atoms with E-state index in [0.717, 1.165) is 17.0 Å². The third-order valence-corrected chi connectivity index (χ3v) is 3.47. The van der Waals surface area contributed by atoms with Gasteiger partial charge in [-0.15, -0.1) is 0 Å². The van der Waals surface area contributed by atoms with Crippen LogP contribution in [-0.4, -0.2) is 18.4 Å². The van der Waals surface area contributed by atoms with Crippen molar-refractivity contribution in [2.24, 2.45) is 0 Å². The lowest BCUT2D eigenvalue weighted by atomic mass is 10.2. The number of halogens is 4. The molecule has 0 saturated heterocycles. The van der Waals surface area contributed by atoms with Gasteiger partial charge in [0.05, 0.1) is 5.69 Å². The Bertz CT molecular complexity index is 779. The van der Waals surface area contributed by atoms with Gasteiger partial charge in [0.25, 0.3) is 0 Å². The summed E-state index contributed by atoms with van der Waals surface area (Å²) in [6, 6.07) is 7.18. The minimum absolute atomic E-state index is 0.192. The third kappa shape index (κ3) is 4.66. The molecule has 24 heavy (non-hydrogen) atoms. The standard InChI is InChI=1S/C16H12Cl2F2N2O2/c1-9(23)22(15-3-2-12(19)7-14(15)20)8-16(24)21-13-5-10(17)4-11(18)6-13/h2-7H,8H2,1H3,(H,21,24). The van der Waals surface area contributed by atoms with Crippen molar-refractivity contribution in [3.63, 3.8) is 0 Å². The van der Waals surface area contributed by atoms with E-state index >= 15 is 0 Å². The topological polar surface area (TPSA) is 49.4 Å². The molecule has 2 rings (SSSR count). The highest BCUT2D eigenvalue weighted by molar-refractivity contribution is 6.35. The number of benzene rings is 2. The summed E-state index contributed by atoms with van der Waals surface area (Å²) in [5.41, 5.74) is 0.142. The maximum absolute atomic E-state index is 13.8. The van der Waals surface area contributed by atoms with Crippen LogP contribution in [0.2, 0.25) is 10.0 Å². The summed E-state index contributed by atoms with van der Waals surface area (Å²) in [5.74, 6) is -2.88. The van der Waals surface area contributed by atoms with E-state index in [2.05, 4.69) is 5.32 Å². The molecule has 0 bridgehead atoms. The molecule has 1 N–H and O–H groups in total. The largest absolute Gasteiger partial charge is 0.324 e. The van der Waals surface area contributed by atoms with Gasteiger partial charge in [0, 0.05) is 28.7 Å². The van der Waals surface area contributed by atoms with Crippen molar-refractivity contribution >= 4 is 46.4 Å². The molecule has 2 amide bonds. The van der Waals surface area contributed by atoms with Crippen molar-refractivity contribution in [2.45, 2.75) is 6.92 Å². The summed E-state index contributed by atoms with van der Waals surface area (Å²) >= 11 is 11.7. The molecule has 0 atom stereocenters. The van der Waals surface area contributed by atoms with Crippen LogP contribution in [0.5, 0.6) is 0 Å². The van der Waals surface area contributed by atoms with Gasteiger partial charge in [-0.1, -0.05) is 23.2 Å². The normalized spacial score (nSPS) is 10.4. The van der Waals surface area contributed by atoms with Gasteiger partial charge in [-0.05, 0) is 30.3 Å². The Morgan fingerprint density at radius 1 is 1.08 bits per heavy atom. The molecule has 0 aromatic heterocycles. The molecular weight excluding hydrogens is 361 g/mol. The summed E-state index contributed by atoms with van der Waals surface area (Å²) in [6.07, 6.45) is 0. The van der Waals surface area contributed by atoms with E-state index in [9.17, 15) is 18.4 Å². The Hall–Kier alpha value is -2.18. The summed E-state index contributed by atoms with van der Waals surface area (Å²) in [7, 11) is 0. The maximum atomic E-state index is 13.8. The zero-order chi connectivity index (χ0) is 17.9. The molecule has 2 aromatic carbocycles. The Morgan fingerprint density at radius 2 is 1.71 bits per heavy atom. The van der Waals surface area contributed by atoms with Crippen LogP contribution in [-0.2, 0) is 9.59 Å². The number of amides is 2. The van der Waals surface area contributed by atoms with E-state index in [1.807, 2.05) is 0 Å². The molecular formula is C16H12Cl2F2N2O2. The molecule has 0 aliphatic heterocycles. The smallest absolute Gasteiger partial charge is 0.244 e. The molecule has 0 heterocycles. The molecule has 8 heteroatoms. The van der Waals surface area contributed by atoms with Crippen molar-refractivity contribution in [3.8, 4) is 0 Å². The van der Waals surface area contributed by atoms with E-state index in [4.69, 9.17) is 23.2 Å². The lowest BCUT2D eigenvalue weighted by molar-refractivity contribution is -0.120. The van der Waals surface area contributed by atoms with Crippen molar-refractivity contribution in [1.29, 1.82) is 0 Å². The first-order chi connectivity index (χ1) is 11.3. The van der Waals surface area contributed by atoms with Gasteiger partial charge < -0.3 is 10.2 Å². The lowest BCUT2D eigenvalue weighted by Gasteiger charge is -2.21. The third-order valence-electron chi connectivity index (χ3n) is 3.03. The van der Waals surface area contributed by atoms with Gasteiger partial charge in [0.1, 0.15) is 18.2 Å². The van der Waals surface area contributed by atoms with Crippen molar-refractivity contribution < 1.29 is 18.4 Å². The van der Waals surface area contributed by atoms with Gasteiger partial charge in [-0.3, -0.25) is 9.59 Å². The average molecular weight is 373 g/mol. The average Bonchev–Trinajstić information content (AvgIpc) is 2.44. The van der Waals surface area contributed by atoms with Crippen LogP contribution < -0.4 is 10.2 Å². The number of nitrogens with zero attached hydrogens (tertiary/aromatic N) is 1. The summed E-state index contributed by atoms with van der Waals surface area (Å²) in [4.78, 5) is 24.7. The molecule has 0 saturated carbocycles. The van der Waals surface area contributed by atoms with Crippen molar-refractivity contribution in [2.75, 3.05) is 16.8 Å². The number of carbonyl (C=O) groups excluding carboxylic acids is 2. The highest BCUT2D eigenvalue weighted by Crippen LogP contribution is 2.23. The molecule has 0 aliphatic rings. The van der Waals surface area contributed by atoms with Crippen LogP contribution in [0.3, 0.4) is 0 Å². The summed E-state index contributed by atoms with van der Waals surface area (Å²) in [6.45, 7) is 0.717. The number of hydrogen-bond donors (Lipinski definition) is 1. The van der Waals surface area contributed by atoms with Crippen molar-refractivity contribution in [1.82, 2.24) is 0 Å². The van der Waals surface area contributed by atoms with Crippen molar-refractivity contribution in [3.05, 3.63) is 58.1 Å². The fourth-order valence-corrected chi connectivity index (χ4v) is 2.56. The fourth-order valence-electron chi connectivity index (χ4n) is 2.04. The highest BCUT2D eigenvalue weighted by Gasteiger charge is 2.19. The summed E-state index contributed by atoms with van der Waals surface area (Å²) < 4.78 is 26.8. The first kappa shape index (κ1) is 18.2. The number of carbonyl (C=O) groups is 2. The van der Waals surface area contributed by atoms with E-state index < -0.39 is 30.0 Å². The Labute approximate surface area is 147 Å². The maximum Gasteiger partial charge on any atom is 0.244 e. The number of hydrogen-bond acceptors (Lipinski definition) is 2. The van der Waals surface area contributed by atoms with E-state index in [-0.39, 0.29) is 5.69 Å².